The molecule has 0 amide bonds. The first-order valence-electron chi connectivity index (χ1n) is 5.14. The number of nitriles is 2. The summed E-state index contributed by atoms with van der Waals surface area (Å²) in [5, 5.41) is 17.4. The molecule has 20 heavy (non-hydrogen) atoms. The maximum atomic E-state index is 12.5. The van der Waals surface area contributed by atoms with Gasteiger partial charge in [0.25, 0.3) is 0 Å². The van der Waals surface area contributed by atoms with Crippen LogP contribution in [-0.4, -0.2) is 9.97 Å². The van der Waals surface area contributed by atoms with Crippen LogP contribution in [0, 0.1) is 22.7 Å². The lowest BCUT2D eigenvalue weighted by Gasteiger charge is -2.08. The number of nitrogens with zero attached hydrogens (tertiary/aromatic N) is 3. The van der Waals surface area contributed by atoms with Crippen molar-refractivity contribution >= 4 is 11.6 Å². The number of hydrogen-bond donors (Lipinski definition) is 1. The number of aromatic nitrogens is 2. The van der Waals surface area contributed by atoms with Gasteiger partial charge in [-0.3, -0.25) is 0 Å². The number of aromatic amines is 1. The second-order valence-electron chi connectivity index (χ2n) is 3.73. The molecule has 1 heterocycles. The van der Waals surface area contributed by atoms with Crippen molar-refractivity contribution in [3.05, 3.63) is 40.2 Å². The summed E-state index contributed by atoms with van der Waals surface area (Å²) in [5.41, 5.74) is -0.923. The number of halogens is 4. The number of alkyl halides is 3. The maximum absolute atomic E-state index is 12.5. The molecule has 0 spiro atoms. The standard InChI is InChI=1S/C12H4ClF3N4/c13-8-3-6(12(14,15)16)1-2-7(8)11-19-9(4-17)10(5-18)20-11/h1-3H,(H,19,20). The van der Waals surface area contributed by atoms with Gasteiger partial charge >= 0.3 is 6.18 Å². The van der Waals surface area contributed by atoms with E-state index in [1.54, 1.807) is 12.1 Å². The predicted octanol–water partition coefficient (Wildman–Crippen LogP) is 3.49. The van der Waals surface area contributed by atoms with Crippen molar-refractivity contribution in [3.63, 3.8) is 0 Å². The molecule has 0 unspecified atom stereocenters. The van der Waals surface area contributed by atoms with Gasteiger partial charge in [-0.1, -0.05) is 11.6 Å². The van der Waals surface area contributed by atoms with E-state index < -0.39 is 11.7 Å². The third-order valence-corrected chi connectivity index (χ3v) is 2.79. The monoisotopic (exact) mass is 296 g/mol. The molecule has 0 aliphatic heterocycles. The lowest BCUT2D eigenvalue weighted by Crippen LogP contribution is -2.04. The first-order chi connectivity index (χ1) is 9.36. The molecule has 1 N–H and O–H groups in total. The number of nitrogens with one attached hydrogen (secondary N) is 1. The van der Waals surface area contributed by atoms with Gasteiger partial charge in [-0.25, -0.2) is 4.98 Å². The van der Waals surface area contributed by atoms with Crippen LogP contribution in [0.2, 0.25) is 5.02 Å². The highest BCUT2D eigenvalue weighted by Crippen LogP contribution is 2.34. The molecule has 0 aliphatic carbocycles. The van der Waals surface area contributed by atoms with Crippen LogP contribution in [0.5, 0.6) is 0 Å². The third kappa shape index (κ3) is 2.44. The van der Waals surface area contributed by atoms with E-state index in [0.717, 1.165) is 18.2 Å². The topological polar surface area (TPSA) is 76.3 Å². The van der Waals surface area contributed by atoms with Gasteiger partial charge in [0.2, 0.25) is 0 Å². The summed E-state index contributed by atoms with van der Waals surface area (Å²) < 4.78 is 37.5. The molecule has 0 aliphatic rings. The first-order valence-corrected chi connectivity index (χ1v) is 5.52. The summed E-state index contributed by atoms with van der Waals surface area (Å²) in [5.74, 6) is 0.0665. The van der Waals surface area contributed by atoms with Crippen LogP contribution in [0.15, 0.2) is 18.2 Å². The molecule has 0 fully saturated rings. The molecule has 2 rings (SSSR count). The van der Waals surface area contributed by atoms with E-state index in [4.69, 9.17) is 22.1 Å². The van der Waals surface area contributed by atoms with Gasteiger partial charge < -0.3 is 4.98 Å². The van der Waals surface area contributed by atoms with Crippen molar-refractivity contribution in [2.45, 2.75) is 6.18 Å². The molecule has 0 saturated heterocycles. The summed E-state index contributed by atoms with van der Waals surface area (Å²) in [6.07, 6.45) is -4.50. The quantitative estimate of drug-likeness (QED) is 0.875. The minimum Gasteiger partial charge on any atom is -0.329 e. The minimum absolute atomic E-state index is 0.0665. The zero-order valence-corrected chi connectivity index (χ0v) is 10.3. The Hall–Kier alpha value is -2.51. The van der Waals surface area contributed by atoms with Gasteiger partial charge in [-0.2, -0.15) is 23.7 Å². The predicted molar refractivity (Wildman–Crippen MR) is 63.5 cm³/mol. The first kappa shape index (κ1) is 13.9. The Bertz CT molecular complexity index is 718. The van der Waals surface area contributed by atoms with E-state index >= 15 is 0 Å². The lowest BCUT2D eigenvalue weighted by molar-refractivity contribution is -0.137. The Morgan fingerprint density at radius 2 is 1.90 bits per heavy atom. The van der Waals surface area contributed by atoms with Crippen LogP contribution in [-0.2, 0) is 6.18 Å². The molecule has 4 nitrogen and oxygen atoms in total. The number of imidazole rings is 1. The largest absolute Gasteiger partial charge is 0.416 e. The molecule has 8 heteroatoms. The number of rotatable bonds is 1. The normalized spacial score (nSPS) is 10.9. The molecule has 0 radical (unpaired) electrons. The Kier molecular flexibility index (Phi) is 3.39. The Labute approximate surface area is 116 Å². The second kappa shape index (κ2) is 4.87. The fourth-order valence-corrected chi connectivity index (χ4v) is 1.82. The minimum atomic E-state index is -4.50. The van der Waals surface area contributed by atoms with E-state index in [0.29, 0.717) is 0 Å². The highest BCUT2D eigenvalue weighted by Gasteiger charge is 2.31. The average Bonchev–Trinajstić information content (AvgIpc) is 2.80. The van der Waals surface area contributed by atoms with Gasteiger partial charge in [0.1, 0.15) is 18.0 Å². The fraction of sp³-hybridized carbons (Fsp3) is 0.0833. The molecule has 100 valence electrons. The van der Waals surface area contributed by atoms with Crippen molar-refractivity contribution in [1.82, 2.24) is 9.97 Å². The van der Waals surface area contributed by atoms with E-state index in [1.807, 2.05) is 0 Å². The van der Waals surface area contributed by atoms with Crippen molar-refractivity contribution in [2.24, 2.45) is 0 Å². The van der Waals surface area contributed by atoms with Crippen LogP contribution in [0.1, 0.15) is 17.0 Å². The summed E-state index contributed by atoms with van der Waals surface area (Å²) in [7, 11) is 0. The van der Waals surface area contributed by atoms with E-state index in [-0.39, 0.29) is 27.8 Å². The number of benzene rings is 1. The molecular formula is C12H4ClF3N4. The van der Waals surface area contributed by atoms with Gasteiger partial charge in [0.15, 0.2) is 11.4 Å². The van der Waals surface area contributed by atoms with Crippen molar-refractivity contribution in [1.29, 1.82) is 10.5 Å². The van der Waals surface area contributed by atoms with E-state index in [9.17, 15) is 13.2 Å². The van der Waals surface area contributed by atoms with Crippen LogP contribution >= 0.6 is 11.6 Å². The van der Waals surface area contributed by atoms with Gasteiger partial charge in [-0.05, 0) is 18.2 Å². The molecule has 0 saturated carbocycles. The molecular weight excluding hydrogens is 293 g/mol. The molecule has 0 bridgehead atoms. The summed E-state index contributed by atoms with van der Waals surface area (Å²) in [6, 6.07) is 6.17. The molecule has 1 aromatic carbocycles. The van der Waals surface area contributed by atoms with Crippen molar-refractivity contribution in [2.75, 3.05) is 0 Å². The lowest BCUT2D eigenvalue weighted by atomic mass is 10.1. The SMILES string of the molecule is N#Cc1nc(-c2ccc(C(F)(F)F)cc2Cl)[nH]c1C#N. The Balaban J connectivity index is 2.53. The van der Waals surface area contributed by atoms with E-state index in [1.165, 1.54) is 0 Å². The Morgan fingerprint density at radius 1 is 1.20 bits per heavy atom. The highest BCUT2D eigenvalue weighted by atomic mass is 35.5. The maximum Gasteiger partial charge on any atom is 0.416 e. The van der Waals surface area contributed by atoms with Crippen molar-refractivity contribution < 1.29 is 13.2 Å². The van der Waals surface area contributed by atoms with Crippen LogP contribution in [0.25, 0.3) is 11.4 Å². The molecule has 1 aromatic heterocycles. The van der Waals surface area contributed by atoms with E-state index in [2.05, 4.69) is 9.97 Å². The highest BCUT2D eigenvalue weighted by molar-refractivity contribution is 6.33. The van der Waals surface area contributed by atoms with Crippen LogP contribution < -0.4 is 0 Å². The smallest absolute Gasteiger partial charge is 0.329 e. The molecule has 0 atom stereocenters. The zero-order chi connectivity index (χ0) is 14.9. The Morgan fingerprint density at radius 3 is 2.35 bits per heavy atom. The second-order valence-corrected chi connectivity index (χ2v) is 4.13. The van der Waals surface area contributed by atoms with Gasteiger partial charge in [0.05, 0.1) is 10.6 Å². The number of hydrogen-bond acceptors (Lipinski definition) is 3. The van der Waals surface area contributed by atoms with Gasteiger partial charge in [0, 0.05) is 5.56 Å². The summed E-state index contributed by atoms with van der Waals surface area (Å²) in [4.78, 5) is 6.35. The zero-order valence-electron chi connectivity index (χ0n) is 9.59. The summed E-state index contributed by atoms with van der Waals surface area (Å²) >= 11 is 5.79. The van der Waals surface area contributed by atoms with Crippen LogP contribution in [0.4, 0.5) is 13.2 Å². The van der Waals surface area contributed by atoms with Gasteiger partial charge in [-0.15, -0.1) is 0 Å². The van der Waals surface area contributed by atoms with Crippen LogP contribution in [0.3, 0.4) is 0 Å². The molecule has 2 aromatic rings. The third-order valence-electron chi connectivity index (χ3n) is 2.47. The fourth-order valence-electron chi connectivity index (χ4n) is 1.55. The van der Waals surface area contributed by atoms with Crippen molar-refractivity contribution in [3.8, 4) is 23.5 Å². The average molecular weight is 297 g/mol. The summed E-state index contributed by atoms with van der Waals surface area (Å²) in [6.45, 7) is 0. The number of H-pyrrole nitrogens is 1.